The van der Waals surface area contributed by atoms with Crippen molar-refractivity contribution in [3.05, 3.63) is 6.54 Å². The molecule has 0 aromatic rings. The van der Waals surface area contributed by atoms with E-state index in [1.807, 2.05) is 0 Å². The van der Waals surface area contributed by atoms with Crippen LogP contribution in [0.25, 0.3) is 0 Å². The molecule has 1 radical (unpaired) electrons. The summed E-state index contributed by atoms with van der Waals surface area (Å²) < 4.78 is 5.12. The van der Waals surface area contributed by atoms with Crippen LogP contribution < -0.4 is 10.6 Å². The van der Waals surface area contributed by atoms with Gasteiger partial charge in [-0.05, 0) is 0 Å². The Labute approximate surface area is 48.4 Å². The van der Waals surface area contributed by atoms with Gasteiger partial charge in [-0.3, -0.25) is 5.32 Å². The molecule has 2 aliphatic rings. The molecule has 8 heavy (non-hydrogen) atoms. The maximum Gasteiger partial charge on any atom is 0.0972 e. The van der Waals surface area contributed by atoms with Gasteiger partial charge in [0.05, 0.1) is 18.9 Å². The van der Waals surface area contributed by atoms with Crippen molar-refractivity contribution in [1.29, 1.82) is 0 Å². The standard InChI is InChI=1S/C5H9N2O/c1-5(2-6-1)3-8-4-7-5/h1,6-7H,2-4H2. The van der Waals surface area contributed by atoms with Gasteiger partial charge >= 0.3 is 0 Å². The third-order valence-corrected chi connectivity index (χ3v) is 1.68. The number of ether oxygens (including phenoxy) is 1. The second-order valence-electron chi connectivity index (χ2n) is 2.35. The van der Waals surface area contributed by atoms with Gasteiger partial charge in [0.2, 0.25) is 0 Å². The fourth-order valence-corrected chi connectivity index (χ4v) is 1.03. The molecule has 0 bridgehead atoms. The molecule has 2 fully saturated rings. The summed E-state index contributed by atoms with van der Waals surface area (Å²) in [5.41, 5.74) is 0.208. The van der Waals surface area contributed by atoms with E-state index in [1.165, 1.54) is 0 Å². The van der Waals surface area contributed by atoms with Gasteiger partial charge in [-0.1, -0.05) is 0 Å². The van der Waals surface area contributed by atoms with Gasteiger partial charge in [0.25, 0.3) is 0 Å². The summed E-state index contributed by atoms with van der Waals surface area (Å²) in [5, 5.41) is 6.31. The Morgan fingerprint density at radius 2 is 2.50 bits per heavy atom. The molecule has 0 amide bonds. The Kier molecular flexibility index (Phi) is 0.848. The summed E-state index contributed by atoms with van der Waals surface area (Å²) in [7, 11) is 0. The predicted octanol–water partition coefficient (Wildman–Crippen LogP) is -0.933. The largest absolute Gasteiger partial charge is 0.364 e. The lowest BCUT2D eigenvalue weighted by atomic mass is 9.95. The zero-order valence-electron chi connectivity index (χ0n) is 4.61. The van der Waals surface area contributed by atoms with Crippen LogP contribution in [0.5, 0.6) is 0 Å². The fourth-order valence-electron chi connectivity index (χ4n) is 1.03. The summed E-state index contributed by atoms with van der Waals surface area (Å²) in [4.78, 5) is 0. The first-order valence-corrected chi connectivity index (χ1v) is 2.82. The van der Waals surface area contributed by atoms with E-state index in [2.05, 4.69) is 17.2 Å². The van der Waals surface area contributed by atoms with Crippen LogP contribution in [-0.2, 0) is 4.74 Å². The highest BCUT2D eigenvalue weighted by Gasteiger charge is 2.40. The van der Waals surface area contributed by atoms with Crippen LogP contribution in [0.4, 0.5) is 0 Å². The monoisotopic (exact) mass is 113 g/mol. The van der Waals surface area contributed by atoms with Gasteiger partial charge in [0.1, 0.15) is 0 Å². The van der Waals surface area contributed by atoms with Crippen molar-refractivity contribution in [1.82, 2.24) is 10.6 Å². The molecular formula is C5H9N2O. The predicted molar refractivity (Wildman–Crippen MR) is 29.0 cm³/mol. The average Bonchev–Trinajstić information content (AvgIpc) is 2.07. The third-order valence-electron chi connectivity index (χ3n) is 1.68. The Hall–Kier alpha value is -0.120. The topological polar surface area (TPSA) is 33.3 Å². The van der Waals surface area contributed by atoms with Crippen LogP contribution in [0.1, 0.15) is 0 Å². The number of nitrogens with one attached hydrogen (secondary N) is 2. The average molecular weight is 113 g/mol. The Balaban J connectivity index is 2.01. The van der Waals surface area contributed by atoms with E-state index in [-0.39, 0.29) is 5.54 Å². The van der Waals surface area contributed by atoms with Crippen LogP contribution in [0, 0.1) is 6.54 Å². The zero-order chi connectivity index (χ0) is 5.45. The minimum atomic E-state index is 0.208. The Morgan fingerprint density at radius 1 is 1.62 bits per heavy atom. The molecule has 3 heteroatoms. The quantitative estimate of drug-likeness (QED) is 0.425. The van der Waals surface area contributed by atoms with Crippen LogP contribution in [0.3, 0.4) is 0 Å². The van der Waals surface area contributed by atoms with Gasteiger partial charge in [-0.25, -0.2) is 0 Å². The van der Waals surface area contributed by atoms with E-state index < -0.39 is 0 Å². The lowest BCUT2D eigenvalue weighted by Crippen LogP contribution is -2.62. The van der Waals surface area contributed by atoms with Crippen molar-refractivity contribution >= 4 is 0 Å². The number of hydrogen-bond acceptors (Lipinski definition) is 3. The SMILES string of the molecule is [CH]1NCC12COCN2. The molecule has 0 aliphatic carbocycles. The molecule has 1 atom stereocenters. The second-order valence-corrected chi connectivity index (χ2v) is 2.35. The zero-order valence-corrected chi connectivity index (χ0v) is 4.61. The van der Waals surface area contributed by atoms with E-state index in [4.69, 9.17) is 4.74 Å². The maximum atomic E-state index is 5.12. The van der Waals surface area contributed by atoms with Crippen molar-refractivity contribution in [2.45, 2.75) is 5.54 Å². The third kappa shape index (κ3) is 0.491. The van der Waals surface area contributed by atoms with Gasteiger partial charge < -0.3 is 10.1 Å². The first-order chi connectivity index (χ1) is 3.91. The minimum absolute atomic E-state index is 0.208. The molecule has 0 aromatic heterocycles. The van der Waals surface area contributed by atoms with E-state index in [1.54, 1.807) is 0 Å². The van der Waals surface area contributed by atoms with Crippen molar-refractivity contribution in [2.75, 3.05) is 19.9 Å². The summed E-state index contributed by atoms with van der Waals surface area (Å²) in [6, 6.07) is 0. The molecule has 0 aromatic carbocycles. The van der Waals surface area contributed by atoms with Crippen LogP contribution in [0.2, 0.25) is 0 Å². The summed E-state index contributed by atoms with van der Waals surface area (Å²) >= 11 is 0. The van der Waals surface area contributed by atoms with Crippen molar-refractivity contribution in [3.8, 4) is 0 Å². The molecule has 2 heterocycles. The van der Waals surface area contributed by atoms with Gasteiger partial charge in [0.15, 0.2) is 0 Å². The molecule has 0 saturated carbocycles. The summed E-state index contributed by atoms with van der Waals surface area (Å²) in [5.74, 6) is 0. The number of rotatable bonds is 0. The summed E-state index contributed by atoms with van der Waals surface area (Å²) in [6.07, 6.45) is 0. The van der Waals surface area contributed by atoms with E-state index in [9.17, 15) is 0 Å². The molecule has 2 aliphatic heterocycles. The lowest BCUT2D eigenvalue weighted by molar-refractivity contribution is 0.170. The smallest absolute Gasteiger partial charge is 0.0972 e. The van der Waals surface area contributed by atoms with Gasteiger partial charge in [-0.15, -0.1) is 0 Å². The first-order valence-electron chi connectivity index (χ1n) is 2.82. The highest BCUT2D eigenvalue weighted by molar-refractivity contribution is 5.11. The maximum absolute atomic E-state index is 5.12. The lowest BCUT2D eigenvalue weighted by Gasteiger charge is -2.36. The molecule has 2 saturated heterocycles. The highest BCUT2D eigenvalue weighted by atomic mass is 16.5. The first kappa shape index (κ1) is 4.73. The molecule has 1 spiro atoms. The van der Waals surface area contributed by atoms with Crippen LogP contribution in [0.15, 0.2) is 0 Å². The van der Waals surface area contributed by atoms with Crippen molar-refractivity contribution in [3.63, 3.8) is 0 Å². The molecular weight excluding hydrogens is 104 g/mol. The van der Waals surface area contributed by atoms with Crippen molar-refractivity contribution in [2.24, 2.45) is 0 Å². The van der Waals surface area contributed by atoms with Crippen LogP contribution in [-0.4, -0.2) is 25.4 Å². The fraction of sp³-hybridized carbons (Fsp3) is 0.800. The summed E-state index contributed by atoms with van der Waals surface area (Å²) in [6.45, 7) is 4.62. The second kappa shape index (κ2) is 1.43. The van der Waals surface area contributed by atoms with E-state index in [0.29, 0.717) is 6.73 Å². The van der Waals surface area contributed by atoms with Crippen molar-refractivity contribution < 1.29 is 4.74 Å². The number of hydrogen-bond donors (Lipinski definition) is 2. The molecule has 2 rings (SSSR count). The Morgan fingerprint density at radius 3 is 2.75 bits per heavy atom. The molecule has 45 valence electrons. The van der Waals surface area contributed by atoms with Gasteiger partial charge in [0, 0.05) is 13.1 Å². The highest BCUT2D eigenvalue weighted by Crippen LogP contribution is 2.18. The normalized spacial score (nSPS) is 33.0. The van der Waals surface area contributed by atoms with Crippen LogP contribution >= 0.6 is 0 Å². The molecule has 1 unspecified atom stereocenters. The van der Waals surface area contributed by atoms with Gasteiger partial charge in [-0.2, -0.15) is 0 Å². The molecule has 2 N–H and O–H groups in total. The van der Waals surface area contributed by atoms with E-state index >= 15 is 0 Å². The molecule has 3 nitrogen and oxygen atoms in total. The minimum Gasteiger partial charge on any atom is -0.364 e. The van der Waals surface area contributed by atoms with E-state index in [0.717, 1.165) is 13.2 Å². The Bertz CT molecular complexity index is 92.6.